The van der Waals surface area contributed by atoms with E-state index in [0.29, 0.717) is 54.0 Å². The predicted molar refractivity (Wildman–Crippen MR) is 162 cm³/mol. The van der Waals surface area contributed by atoms with Crippen LogP contribution >= 0.6 is 27.7 Å². The van der Waals surface area contributed by atoms with Crippen molar-refractivity contribution in [3.05, 3.63) is 22.9 Å². The van der Waals surface area contributed by atoms with Gasteiger partial charge < -0.3 is 29.4 Å². The van der Waals surface area contributed by atoms with Crippen LogP contribution in [0.4, 0.5) is 10.6 Å². The third kappa shape index (κ3) is 6.54. The highest BCUT2D eigenvalue weighted by atomic mass is 79.9. The van der Waals surface area contributed by atoms with E-state index < -0.39 is 17.7 Å². The molecule has 4 heterocycles. The summed E-state index contributed by atoms with van der Waals surface area (Å²) in [5, 5.41) is 0.753. The molecule has 14 heteroatoms. The van der Waals surface area contributed by atoms with Gasteiger partial charge in [-0.05, 0) is 80.9 Å². The molecule has 0 unspecified atom stereocenters. The van der Waals surface area contributed by atoms with Gasteiger partial charge in [0.15, 0.2) is 33.6 Å². The van der Waals surface area contributed by atoms with Crippen molar-refractivity contribution < 1.29 is 23.8 Å². The number of rotatable bonds is 7. The zero-order valence-corrected chi connectivity index (χ0v) is 26.8. The minimum Gasteiger partial charge on any atom is -0.454 e. The van der Waals surface area contributed by atoms with Crippen LogP contribution in [-0.2, 0) is 16.1 Å². The minimum atomic E-state index is -0.621. The molecule has 1 aromatic carbocycles. The molecule has 0 spiro atoms. The third-order valence-corrected chi connectivity index (χ3v) is 9.43. The predicted octanol–water partition coefficient (Wildman–Crippen LogP) is 4.94. The van der Waals surface area contributed by atoms with Crippen molar-refractivity contribution in [2.45, 2.75) is 75.2 Å². The Bertz CT molecular complexity index is 1490. The molecule has 1 fully saturated rings. The Balaban J connectivity index is 1.23. The Morgan fingerprint density at radius 1 is 1.21 bits per heavy atom. The third-order valence-electron chi connectivity index (χ3n) is 7.46. The quantitative estimate of drug-likeness (QED) is 0.371. The molecule has 2 aliphatic heterocycles. The summed E-state index contributed by atoms with van der Waals surface area (Å²) in [4.78, 5) is 43.2. The van der Waals surface area contributed by atoms with Crippen molar-refractivity contribution in [3.63, 3.8) is 0 Å². The van der Waals surface area contributed by atoms with E-state index in [1.165, 1.54) is 23.0 Å². The maximum Gasteiger partial charge on any atom is 0.410 e. The number of benzene rings is 1. The number of halogens is 1. The molecule has 226 valence electrons. The molecule has 2 N–H and O–H groups in total. The maximum absolute atomic E-state index is 13.2. The SMILES string of the molecule is C[C@H](C(=O)N1CCC(CCn2c(Sc3cc4c(cc3Br)OCO4)nc3c(N)ncnc32)CC1)N(C)C(=O)OC(C)(C)C. The fraction of sp³-hybridized carbons (Fsp3) is 0.536. The summed E-state index contributed by atoms with van der Waals surface area (Å²) in [5.41, 5.74) is 6.80. The highest BCUT2D eigenvalue weighted by Gasteiger charge is 2.32. The van der Waals surface area contributed by atoms with Crippen LogP contribution in [0.2, 0.25) is 0 Å². The molecule has 0 radical (unpaired) electrons. The van der Waals surface area contributed by atoms with Gasteiger partial charge in [-0.1, -0.05) is 11.8 Å². The Hall–Kier alpha value is -3.26. The van der Waals surface area contributed by atoms with E-state index in [1.54, 1.807) is 14.0 Å². The lowest BCUT2D eigenvalue weighted by Crippen LogP contribution is -2.50. The number of nitrogen functional groups attached to an aromatic ring is 1. The van der Waals surface area contributed by atoms with Crippen molar-refractivity contribution in [1.82, 2.24) is 29.3 Å². The lowest BCUT2D eigenvalue weighted by molar-refractivity contribution is -0.137. The van der Waals surface area contributed by atoms with Crippen molar-refractivity contribution >= 4 is 56.7 Å². The summed E-state index contributed by atoms with van der Waals surface area (Å²) in [6, 6.07) is 3.23. The van der Waals surface area contributed by atoms with Gasteiger partial charge in [-0.15, -0.1) is 0 Å². The Morgan fingerprint density at radius 2 is 1.90 bits per heavy atom. The fourth-order valence-electron chi connectivity index (χ4n) is 4.96. The number of aryl methyl sites for hydroxylation is 1. The number of aromatic nitrogens is 4. The molecule has 2 amide bonds. The number of imidazole rings is 1. The number of nitrogens with zero attached hydrogens (tertiary/aromatic N) is 6. The Kier molecular flexibility index (Phi) is 8.74. The first-order valence-corrected chi connectivity index (χ1v) is 15.5. The molecule has 42 heavy (non-hydrogen) atoms. The number of hydrogen-bond acceptors (Lipinski definition) is 10. The number of fused-ring (bicyclic) bond motifs is 2. The van der Waals surface area contributed by atoms with Crippen LogP contribution in [0.25, 0.3) is 11.2 Å². The van der Waals surface area contributed by atoms with Crippen LogP contribution in [0.5, 0.6) is 11.5 Å². The molecular weight excluding hydrogens is 626 g/mol. The second-order valence-electron chi connectivity index (χ2n) is 11.5. The van der Waals surface area contributed by atoms with E-state index in [2.05, 4.69) is 30.5 Å². The number of piperidine rings is 1. The van der Waals surface area contributed by atoms with Gasteiger partial charge in [-0.2, -0.15) is 0 Å². The van der Waals surface area contributed by atoms with Gasteiger partial charge in [0, 0.05) is 36.1 Å². The molecule has 0 bridgehead atoms. The van der Waals surface area contributed by atoms with Gasteiger partial charge in [0.05, 0.1) is 0 Å². The highest BCUT2D eigenvalue weighted by Crippen LogP contribution is 2.43. The van der Waals surface area contributed by atoms with Crippen molar-refractivity contribution in [2.24, 2.45) is 5.92 Å². The van der Waals surface area contributed by atoms with Crippen LogP contribution in [0.3, 0.4) is 0 Å². The largest absolute Gasteiger partial charge is 0.454 e. The number of ether oxygens (including phenoxy) is 3. The average Bonchev–Trinajstić information content (AvgIpc) is 3.54. The summed E-state index contributed by atoms with van der Waals surface area (Å²) in [5.74, 6) is 2.08. The van der Waals surface area contributed by atoms with E-state index in [-0.39, 0.29) is 12.7 Å². The minimum absolute atomic E-state index is 0.0671. The average molecular weight is 663 g/mol. The summed E-state index contributed by atoms with van der Waals surface area (Å²) >= 11 is 5.14. The van der Waals surface area contributed by atoms with Gasteiger partial charge >= 0.3 is 6.09 Å². The number of likely N-dealkylation sites (tertiary alicyclic amines) is 1. The van der Waals surface area contributed by atoms with Crippen molar-refractivity contribution in [3.8, 4) is 11.5 Å². The van der Waals surface area contributed by atoms with Crippen LogP contribution in [0.1, 0.15) is 47.0 Å². The standard InChI is InChI=1S/C28H36BrN7O5S/c1-16(34(5)27(38)41-28(2,3)4)25(37)35-9-6-17(7-10-35)8-11-36-24-22(23(30)31-14-32-24)33-26(36)42-21-13-20-19(12-18(21)29)39-15-40-20/h12-14,16-17H,6-11,15H2,1-5H3,(H2,30,31,32)/t16-/m1/s1. The normalized spacial score (nSPS) is 16.1. The molecule has 1 atom stereocenters. The van der Waals surface area contributed by atoms with Crippen molar-refractivity contribution in [1.29, 1.82) is 0 Å². The van der Waals surface area contributed by atoms with Crippen LogP contribution in [-0.4, -0.2) is 79.9 Å². The second-order valence-corrected chi connectivity index (χ2v) is 13.4. The molecule has 2 aliphatic rings. The van der Waals surface area contributed by atoms with Gasteiger partial charge in [0.2, 0.25) is 12.7 Å². The number of amides is 2. The van der Waals surface area contributed by atoms with Crippen LogP contribution in [0.15, 0.2) is 33.0 Å². The molecule has 2 aromatic heterocycles. The number of nitrogens with two attached hydrogens (primary N) is 1. The van der Waals surface area contributed by atoms with E-state index >= 15 is 0 Å². The van der Waals surface area contributed by atoms with Crippen LogP contribution in [0, 0.1) is 5.92 Å². The number of carbonyl (C=O) groups excluding carboxylic acids is 2. The summed E-state index contributed by atoms with van der Waals surface area (Å²) in [7, 11) is 1.60. The molecule has 3 aromatic rings. The Morgan fingerprint density at radius 3 is 2.60 bits per heavy atom. The first-order valence-electron chi connectivity index (χ1n) is 13.9. The van der Waals surface area contributed by atoms with E-state index in [4.69, 9.17) is 24.9 Å². The molecule has 12 nitrogen and oxygen atoms in total. The molecule has 0 saturated carbocycles. The number of anilines is 1. The first-order chi connectivity index (χ1) is 19.9. The first kappa shape index (κ1) is 30.2. The van der Waals surface area contributed by atoms with Crippen LogP contribution < -0.4 is 15.2 Å². The van der Waals surface area contributed by atoms with Crippen molar-refractivity contribution in [2.75, 3.05) is 32.7 Å². The molecule has 0 aliphatic carbocycles. The summed E-state index contributed by atoms with van der Waals surface area (Å²) in [6.07, 6.45) is 3.58. The van der Waals surface area contributed by atoms with Gasteiger partial charge in [-0.3, -0.25) is 9.69 Å². The van der Waals surface area contributed by atoms with E-state index in [0.717, 1.165) is 33.8 Å². The summed E-state index contributed by atoms with van der Waals surface area (Å²) < 4.78 is 19.4. The smallest absolute Gasteiger partial charge is 0.410 e. The lowest BCUT2D eigenvalue weighted by Gasteiger charge is -2.36. The number of likely N-dealkylation sites (N-methyl/N-ethyl adjacent to an activating group) is 1. The molecular formula is C28H36BrN7O5S. The zero-order valence-electron chi connectivity index (χ0n) is 24.4. The fourth-order valence-corrected chi connectivity index (χ4v) is 6.47. The Labute approximate surface area is 257 Å². The molecule has 1 saturated heterocycles. The topological polar surface area (TPSA) is 138 Å². The lowest BCUT2D eigenvalue weighted by atomic mass is 9.93. The maximum atomic E-state index is 13.2. The monoisotopic (exact) mass is 661 g/mol. The number of carbonyl (C=O) groups is 2. The zero-order chi connectivity index (χ0) is 30.2. The summed E-state index contributed by atoms with van der Waals surface area (Å²) in [6.45, 7) is 9.34. The number of hydrogen-bond donors (Lipinski definition) is 1. The second kappa shape index (κ2) is 12.2. The van der Waals surface area contributed by atoms with E-state index in [1.807, 2.05) is 37.8 Å². The van der Waals surface area contributed by atoms with E-state index in [9.17, 15) is 9.59 Å². The van der Waals surface area contributed by atoms with Gasteiger partial charge in [-0.25, -0.2) is 19.7 Å². The molecule has 5 rings (SSSR count). The van der Waals surface area contributed by atoms with Gasteiger partial charge in [0.25, 0.3) is 0 Å². The van der Waals surface area contributed by atoms with Gasteiger partial charge in [0.1, 0.15) is 18.0 Å². The highest BCUT2D eigenvalue weighted by molar-refractivity contribution is 9.10.